The van der Waals surface area contributed by atoms with Crippen LogP contribution in [0.15, 0.2) is 27.6 Å². The topological polar surface area (TPSA) is 29.5 Å². The Balaban J connectivity index is 0.000000637. The van der Waals surface area contributed by atoms with Crippen LogP contribution in [0, 0.1) is 0 Å². The molecule has 3 rings (SSSR count). The summed E-state index contributed by atoms with van der Waals surface area (Å²) in [7, 11) is 2.51. The van der Waals surface area contributed by atoms with Crippen LogP contribution in [0.25, 0.3) is 0 Å². The summed E-state index contributed by atoms with van der Waals surface area (Å²) in [5.74, 6) is 0. The van der Waals surface area contributed by atoms with Gasteiger partial charge in [0.2, 0.25) is 0 Å². The zero-order chi connectivity index (χ0) is 13.8. The molecule has 0 radical (unpaired) electrons. The lowest BCUT2D eigenvalue weighted by Crippen LogP contribution is -2.37. The summed E-state index contributed by atoms with van der Waals surface area (Å²) < 4.78 is 20.9. The highest BCUT2D eigenvalue weighted by molar-refractivity contribution is 14.2. The summed E-state index contributed by atoms with van der Waals surface area (Å²) in [6, 6.07) is 6.40. The molecule has 1 saturated heterocycles. The van der Waals surface area contributed by atoms with E-state index in [-0.39, 0.29) is 0 Å². The largest absolute Gasteiger partial charge is 0.381 e. The van der Waals surface area contributed by atoms with Crippen LogP contribution in [-0.2, 0) is 22.3 Å². The van der Waals surface area contributed by atoms with Gasteiger partial charge in [-0.15, -0.1) is 9.80 Å². The average Bonchev–Trinajstić information content (AvgIpc) is 2.78. The minimum atomic E-state index is -0.984. The monoisotopic (exact) mass is 475 g/mol. The molecule has 3 nitrogen and oxygen atoms in total. The van der Waals surface area contributed by atoms with Crippen molar-refractivity contribution in [2.75, 3.05) is 13.2 Å². The van der Waals surface area contributed by atoms with Gasteiger partial charge >= 0.3 is 0 Å². The van der Waals surface area contributed by atoms with Crippen molar-refractivity contribution >= 4 is 57.9 Å². The lowest BCUT2D eigenvalue weighted by Gasteiger charge is -2.29. The van der Waals surface area contributed by atoms with Gasteiger partial charge in [0.15, 0.2) is 0 Å². The van der Waals surface area contributed by atoms with Crippen LogP contribution in [0.3, 0.4) is 0 Å². The van der Waals surface area contributed by atoms with E-state index < -0.39 is 11.0 Å². The molecule has 1 fully saturated rings. The molecule has 0 N–H and O–H groups in total. The molecule has 19 heavy (non-hydrogen) atoms. The highest BCUT2D eigenvalue weighted by atomic mass is 127. The van der Waals surface area contributed by atoms with Gasteiger partial charge in [0.25, 0.3) is 0 Å². The number of nitrogens with zero attached hydrogens (tertiary/aromatic N) is 1. The van der Waals surface area contributed by atoms with Crippen LogP contribution in [-0.4, -0.2) is 27.8 Å². The smallest absolute Gasteiger partial charge is 0.128 e. The molecule has 1 aromatic carbocycles. The third kappa shape index (κ3) is 3.74. The number of benzene rings is 1. The van der Waals surface area contributed by atoms with Crippen molar-refractivity contribution in [2.24, 2.45) is 0 Å². The maximum atomic E-state index is 12.4. The molecule has 106 valence electrons. The summed E-state index contributed by atoms with van der Waals surface area (Å²) in [4.78, 5) is 0.972. The van der Waals surface area contributed by atoms with Crippen LogP contribution in [0.5, 0.6) is 0 Å². The van der Waals surface area contributed by atoms with E-state index in [2.05, 4.69) is 36.1 Å². The predicted molar refractivity (Wildman–Crippen MR) is 92.9 cm³/mol. The van der Waals surface area contributed by atoms with Gasteiger partial charge in [0, 0.05) is 30.3 Å². The second-order valence-corrected chi connectivity index (χ2v) is 6.74. The Bertz CT molecular complexity index is 469. The zero-order valence-electron chi connectivity index (χ0n) is 10.2. The molecule has 2 aliphatic heterocycles. The van der Waals surface area contributed by atoms with Crippen molar-refractivity contribution < 1.29 is 8.95 Å². The summed E-state index contributed by atoms with van der Waals surface area (Å²) >= 11 is 5.31. The van der Waals surface area contributed by atoms with E-state index in [1.54, 1.807) is 0 Å². The first-order valence-electron chi connectivity index (χ1n) is 5.97. The van der Waals surface area contributed by atoms with Crippen molar-refractivity contribution in [1.82, 2.24) is 4.31 Å². The molecular weight excluding hydrogens is 461 g/mol. The Kier molecular flexibility index (Phi) is 6.61. The second kappa shape index (κ2) is 7.74. The van der Waals surface area contributed by atoms with E-state index in [1.807, 2.05) is 33.3 Å². The Morgan fingerprint density at radius 1 is 1.37 bits per heavy atom. The average molecular weight is 476 g/mol. The number of halogens is 2. The summed E-state index contributed by atoms with van der Waals surface area (Å²) in [6.45, 7) is 2.38. The molecule has 0 amide bonds. The zero-order valence-corrected chi connectivity index (χ0v) is 15.7. The minimum Gasteiger partial charge on any atom is -0.381 e. The first-order valence-corrected chi connectivity index (χ1v) is 11.1. The molecule has 2 aliphatic rings. The molecule has 0 spiro atoms. The summed E-state index contributed by atoms with van der Waals surface area (Å²) in [5, 5.41) is 0. The van der Waals surface area contributed by atoms with Gasteiger partial charge in [-0.2, -0.15) is 0 Å². The van der Waals surface area contributed by atoms with Crippen LogP contribution >= 0.6 is 46.9 Å². The summed E-state index contributed by atoms with van der Waals surface area (Å²) in [5.41, 5.74) is 1.18. The van der Waals surface area contributed by atoms with Crippen molar-refractivity contribution in [3.63, 3.8) is 0 Å². The number of rotatable bonds is 1. The standard InChI is InChI=1S/C12H14BrNO2S.HIS/c13-10-1-2-12-9(7-10)8-14(17(12)15)11-3-5-16-6-4-11;1-2/h1-2,7,11H,3-6,8H2;2H. The van der Waals surface area contributed by atoms with E-state index >= 15 is 0 Å². The van der Waals surface area contributed by atoms with Gasteiger partial charge in [-0.1, -0.05) is 15.9 Å². The highest BCUT2D eigenvalue weighted by Gasteiger charge is 2.33. The number of ether oxygens (including phenoxy) is 1. The molecule has 0 bridgehead atoms. The van der Waals surface area contributed by atoms with E-state index in [9.17, 15) is 4.21 Å². The lowest BCUT2D eigenvalue weighted by molar-refractivity contribution is 0.0592. The molecule has 1 atom stereocenters. The Morgan fingerprint density at radius 3 is 2.74 bits per heavy atom. The highest BCUT2D eigenvalue weighted by Crippen LogP contribution is 2.33. The van der Waals surface area contributed by atoms with Gasteiger partial charge in [0.1, 0.15) is 11.0 Å². The fraction of sp³-hybridized carbons (Fsp3) is 0.500. The molecular formula is C12H15BrINO2S2. The third-order valence-corrected chi connectivity index (χ3v) is 5.47. The van der Waals surface area contributed by atoms with Gasteiger partial charge in [-0.3, -0.25) is 0 Å². The third-order valence-electron chi connectivity index (χ3n) is 3.35. The van der Waals surface area contributed by atoms with E-state index in [0.29, 0.717) is 6.04 Å². The normalized spacial score (nSPS) is 23.6. The summed E-state index contributed by atoms with van der Waals surface area (Å²) in [6.07, 6.45) is 1.97. The molecule has 0 aromatic heterocycles. The van der Waals surface area contributed by atoms with E-state index in [4.69, 9.17) is 4.74 Å². The molecule has 0 aliphatic carbocycles. The first kappa shape index (κ1) is 16.2. The molecule has 0 saturated carbocycles. The van der Waals surface area contributed by atoms with E-state index in [0.717, 1.165) is 42.0 Å². The number of thiol groups is 1. The maximum absolute atomic E-state index is 12.4. The molecule has 1 unspecified atom stereocenters. The van der Waals surface area contributed by atoms with Crippen LogP contribution in [0.1, 0.15) is 18.4 Å². The van der Waals surface area contributed by atoms with Gasteiger partial charge < -0.3 is 4.74 Å². The van der Waals surface area contributed by atoms with Crippen LogP contribution in [0.2, 0.25) is 0 Å². The fourth-order valence-corrected chi connectivity index (χ4v) is 4.36. The van der Waals surface area contributed by atoms with Crippen molar-refractivity contribution in [3.05, 3.63) is 28.2 Å². The van der Waals surface area contributed by atoms with Crippen molar-refractivity contribution in [2.45, 2.75) is 30.3 Å². The van der Waals surface area contributed by atoms with Gasteiger partial charge in [0.05, 0.1) is 4.90 Å². The molecule has 1 aromatic rings. The first-order chi connectivity index (χ1) is 9.25. The number of hydrogen-bond donors (Lipinski definition) is 1. The second-order valence-electron chi connectivity index (χ2n) is 4.42. The van der Waals surface area contributed by atoms with Crippen molar-refractivity contribution in [1.29, 1.82) is 0 Å². The molecule has 7 heteroatoms. The van der Waals surface area contributed by atoms with Gasteiger partial charge in [-0.05, 0) is 57.8 Å². The quantitative estimate of drug-likeness (QED) is 0.495. The maximum Gasteiger partial charge on any atom is 0.128 e. The number of fused-ring (bicyclic) bond motifs is 1. The van der Waals surface area contributed by atoms with E-state index in [1.165, 1.54) is 5.56 Å². The Hall–Kier alpha value is 0.850. The van der Waals surface area contributed by atoms with Crippen molar-refractivity contribution in [3.8, 4) is 0 Å². The lowest BCUT2D eigenvalue weighted by atomic mass is 10.1. The Labute approximate surface area is 142 Å². The van der Waals surface area contributed by atoms with Gasteiger partial charge in [-0.25, -0.2) is 8.51 Å². The SMILES string of the molecule is O=S1c2ccc(Br)cc2CN1C1CCOCC1.SI. The predicted octanol–water partition coefficient (Wildman–Crippen LogP) is 3.73. The molecule has 2 heterocycles. The fourth-order valence-electron chi connectivity index (χ4n) is 2.43. The van der Waals surface area contributed by atoms with Crippen LogP contribution in [0.4, 0.5) is 0 Å². The van der Waals surface area contributed by atoms with Crippen LogP contribution < -0.4 is 0 Å². The minimum absolute atomic E-state index is 0.399. The Morgan fingerprint density at radius 2 is 2.05 bits per heavy atom. The number of hydrogen-bond acceptors (Lipinski definition) is 3.